The summed E-state index contributed by atoms with van der Waals surface area (Å²) >= 11 is 1.30. The van der Waals surface area contributed by atoms with Crippen molar-refractivity contribution in [1.29, 1.82) is 0 Å². The van der Waals surface area contributed by atoms with Crippen LogP contribution in [-0.4, -0.2) is 22.0 Å². The highest BCUT2D eigenvalue weighted by molar-refractivity contribution is 7.07. The Balaban J connectivity index is 2.29. The van der Waals surface area contributed by atoms with Crippen molar-refractivity contribution in [2.75, 3.05) is 5.32 Å². The van der Waals surface area contributed by atoms with Gasteiger partial charge in [-0.2, -0.15) is 0 Å². The summed E-state index contributed by atoms with van der Waals surface area (Å²) in [5.74, 6) is -1.49. The summed E-state index contributed by atoms with van der Waals surface area (Å²) in [6.07, 6.45) is 0. The van der Waals surface area contributed by atoms with Gasteiger partial charge in [-0.05, 0) is 19.1 Å². The average molecular weight is 262 g/mol. The molecule has 1 aromatic carbocycles. The van der Waals surface area contributed by atoms with Gasteiger partial charge in [0.15, 0.2) is 0 Å². The Morgan fingerprint density at radius 1 is 1.39 bits per heavy atom. The zero-order valence-electron chi connectivity index (χ0n) is 9.51. The Labute approximate surface area is 107 Å². The second-order valence-corrected chi connectivity index (χ2v) is 4.40. The summed E-state index contributed by atoms with van der Waals surface area (Å²) < 4.78 is 0. The number of rotatable bonds is 3. The number of nitrogens with one attached hydrogen (secondary N) is 1. The molecule has 0 unspecified atom stereocenters. The van der Waals surface area contributed by atoms with E-state index in [2.05, 4.69) is 10.3 Å². The molecule has 2 N–H and O–H groups in total. The number of nitrogens with zero attached hydrogens (tertiary/aromatic N) is 1. The van der Waals surface area contributed by atoms with Gasteiger partial charge in [-0.25, -0.2) is 9.78 Å². The van der Waals surface area contributed by atoms with Crippen molar-refractivity contribution in [2.45, 2.75) is 6.92 Å². The SMILES string of the molecule is Cc1ccc(NC(=O)c2cscn2)c(C(=O)O)c1. The Hall–Kier alpha value is -2.21. The minimum atomic E-state index is -1.08. The number of hydrogen-bond acceptors (Lipinski definition) is 4. The summed E-state index contributed by atoms with van der Waals surface area (Å²) in [6, 6.07) is 4.82. The molecule has 0 saturated carbocycles. The maximum Gasteiger partial charge on any atom is 0.337 e. The normalized spacial score (nSPS) is 10.1. The molecule has 0 aliphatic rings. The molecule has 0 radical (unpaired) electrons. The summed E-state index contributed by atoms with van der Waals surface area (Å²) in [5.41, 5.74) is 2.97. The molecule has 0 atom stereocenters. The minimum absolute atomic E-state index is 0.0681. The first-order chi connectivity index (χ1) is 8.58. The molecular weight excluding hydrogens is 252 g/mol. The molecule has 0 spiro atoms. The number of carboxylic acids is 1. The second kappa shape index (κ2) is 4.97. The summed E-state index contributed by atoms with van der Waals surface area (Å²) in [5, 5.41) is 13.2. The summed E-state index contributed by atoms with van der Waals surface area (Å²) in [7, 11) is 0. The Morgan fingerprint density at radius 2 is 2.17 bits per heavy atom. The van der Waals surface area contributed by atoms with Gasteiger partial charge in [0.05, 0.1) is 16.8 Å². The van der Waals surface area contributed by atoms with Gasteiger partial charge in [0.25, 0.3) is 5.91 Å². The number of carboxylic acid groups (broad SMARTS) is 1. The van der Waals surface area contributed by atoms with Crippen LogP contribution in [0.2, 0.25) is 0 Å². The molecule has 92 valence electrons. The molecule has 5 nitrogen and oxygen atoms in total. The number of carbonyl (C=O) groups is 2. The lowest BCUT2D eigenvalue weighted by Gasteiger charge is -2.08. The number of amides is 1. The van der Waals surface area contributed by atoms with Crippen LogP contribution in [0.15, 0.2) is 29.1 Å². The number of thiazole rings is 1. The van der Waals surface area contributed by atoms with Crippen molar-refractivity contribution in [3.05, 3.63) is 45.9 Å². The van der Waals surface area contributed by atoms with E-state index in [9.17, 15) is 9.59 Å². The number of aromatic nitrogens is 1. The van der Waals surface area contributed by atoms with Crippen LogP contribution in [0.5, 0.6) is 0 Å². The molecular formula is C12H10N2O3S. The van der Waals surface area contributed by atoms with E-state index in [0.29, 0.717) is 0 Å². The molecule has 1 aromatic heterocycles. The molecule has 0 aliphatic heterocycles. The number of carbonyl (C=O) groups excluding carboxylic acids is 1. The van der Waals surface area contributed by atoms with E-state index in [4.69, 9.17) is 5.11 Å². The van der Waals surface area contributed by atoms with Crippen LogP contribution in [0.3, 0.4) is 0 Å². The van der Waals surface area contributed by atoms with Gasteiger partial charge in [-0.15, -0.1) is 11.3 Å². The van der Waals surface area contributed by atoms with Gasteiger partial charge < -0.3 is 10.4 Å². The van der Waals surface area contributed by atoms with Gasteiger partial charge in [-0.1, -0.05) is 11.6 Å². The average Bonchev–Trinajstić information content (AvgIpc) is 2.84. The maximum absolute atomic E-state index is 11.8. The molecule has 6 heteroatoms. The third-order valence-corrected chi connectivity index (χ3v) is 2.91. The van der Waals surface area contributed by atoms with Gasteiger partial charge in [-0.3, -0.25) is 4.79 Å². The predicted molar refractivity (Wildman–Crippen MR) is 68.2 cm³/mol. The van der Waals surface area contributed by atoms with Crippen LogP contribution < -0.4 is 5.32 Å². The van der Waals surface area contributed by atoms with Crippen molar-refractivity contribution < 1.29 is 14.7 Å². The van der Waals surface area contributed by atoms with E-state index in [-0.39, 0.29) is 16.9 Å². The van der Waals surface area contributed by atoms with E-state index in [1.54, 1.807) is 29.9 Å². The molecule has 1 amide bonds. The van der Waals surface area contributed by atoms with E-state index in [1.807, 2.05) is 0 Å². The molecule has 0 saturated heterocycles. The molecule has 0 bridgehead atoms. The Bertz CT molecular complexity index is 593. The van der Waals surface area contributed by atoms with Crippen molar-refractivity contribution in [1.82, 2.24) is 4.98 Å². The van der Waals surface area contributed by atoms with Crippen LogP contribution in [-0.2, 0) is 0 Å². The number of hydrogen-bond donors (Lipinski definition) is 2. The molecule has 0 aliphatic carbocycles. The lowest BCUT2D eigenvalue weighted by molar-refractivity contribution is 0.0698. The van der Waals surface area contributed by atoms with E-state index >= 15 is 0 Å². The molecule has 1 heterocycles. The lowest BCUT2D eigenvalue weighted by Crippen LogP contribution is -2.15. The van der Waals surface area contributed by atoms with Crippen LogP contribution in [0.25, 0.3) is 0 Å². The monoisotopic (exact) mass is 262 g/mol. The zero-order valence-corrected chi connectivity index (χ0v) is 10.3. The Kier molecular flexibility index (Phi) is 3.38. The zero-order chi connectivity index (χ0) is 13.1. The first-order valence-electron chi connectivity index (χ1n) is 5.11. The van der Waals surface area contributed by atoms with Crippen molar-refractivity contribution in [3.8, 4) is 0 Å². The fraction of sp³-hybridized carbons (Fsp3) is 0.0833. The number of aromatic carboxylic acids is 1. The van der Waals surface area contributed by atoms with Crippen molar-refractivity contribution in [3.63, 3.8) is 0 Å². The fourth-order valence-corrected chi connectivity index (χ4v) is 1.99. The molecule has 0 fully saturated rings. The van der Waals surface area contributed by atoms with Crippen molar-refractivity contribution >= 4 is 28.9 Å². The highest BCUT2D eigenvalue weighted by Crippen LogP contribution is 2.18. The van der Waals surface area contributed by atoms with E-state index in [0.717, 1.165) is 5.56 Å². The molecule has 2 rings (SSSR count). The van der Waals surface area contributed by atoms with E-state index < -0.39 is 11.9 Å². The summed E-state index contributed by atoms with van der Waals surface area (Å²) in [6.45, 7) is 1.79. The third-order valence-electron chi connectivity index (χ3n) is 2.32. The van der Waals surface area contributed by atoms with Crippen LogP contribution >= 0.6 is 11.3 Å². The topological polar surface area (TPSA) is 79.3 Å². The smallest absolute Gasteiger partial charge is 0.337 e. The van der Waals surface area contributed by atoms with E-state index in [1.165, 1.54) is 17.4 Å². The number of anilines is 1. The minimum Gasteiger partial charge on any atom is -0.478 e. The molecule has 18 heavy (non-hydrogen) atoms. The highest BCUT2D eigenvalue weighted by atomic mass is 32.1. The van der Waals surface area contributed by atoms with Crippen LogP contribution in [0.1, 0.15) is 26.4 Å². The Morgan fingerprint density at radius 3 is 2.78 bits per heavy atom. The number of benzene rings is 1. The van der Waals surface area contributed by atoms with Gasteiger partial charge in [0.2, 0.25) is 0 Å². The quantitative estimate of drug-likeness (QED) is 0.890. The number of aryl methyl sites for hydroxylation is 1. The first kappa shape index (κ1) is 12.3. The van der Waals surface area contributed by atoms with Gasteiger partial charge in [0.1, 0.15) is 5.69 Å². The predicted octanol–water partition coefficient (Wildman–Crippen LogP) is 2.40. The lowest BCUT2D eigenvalue weighted by atomic mass is 10.1. The summed E-state index contributed by atoms with van der Waals surface area (Å²) in [4.78, 5) is 26.7. The van der Waals surface area contributed by atoms with Gasteiger partial charge >= 0.3 is 5.97 Å². The fourth-order valence-electron chi connectivity index (χ4n) is 1.46. The standard InChI is InChI=1S/C12H10N2O3S/c1-7-2-3-9(8(4-7)12(16)17)14-11(15)10-5-18-6-13-10/h2-6H,1H3,(H,14,15)(H,16,17). The largest absolute Gasteiger partial charge is 0.478 e. The molecule has 2 aromatic rings. The first-order valence-corrected chi connectivity index (χ1v) is 6.05. The van der Waals surface area contributed by atoms with Gasteiger partial charge in [0, 0.05) is 5.38 Å². The van der Waals surface area contributed by atoms with Crippen LogP contribution in [0.4, 0.5) is 5.69 Å². The second-order valence-electron chi connectivity index (χ2n) is 3.68. The maximum atomic E-state index is 11.8. The third kappa shape index (κ3) is 2.54. The van der Waals surface area contributed by atoms with Crippen molar-refractivity contribution in [2.24, 2.45) is 0 Å². The highest BCUT2D eigenvalue weighted by Gasteiger charge is 2.14. The van der Waals surface area contributed by atoms with Crippen LogP contribution in [0, 0.1) is 6.92 Å².